The summed E-state index contributed by atoms with van der Waals surface area (Å²) in [6.07, 6.45) is 1.69. The van der Waals surface area contributed by atoms with Crippen molar-refractivity contribution in [3.63, 3.8) is 0 Å². The zero-order chi connectivity index (χ0) is 16.1. The van der Waals surface area contributed by atoms with Gasteiger partial charge in [-0.2, -0.15) is 0 Å². The van der Waals surface area contributed by atoms with Crippen molar-refractivity contribution < 1.29 is 19.1 Å². The molecule has 0 atom stereocenters. The van der Waals surface area contributed by atoms with Crippen molar-refractivity contribution >= 4 is 11.8 Å². The van der Waals surface area contributed by atoms with E-state index in [1.165, 1.54) is 0 Å². The molecular weight excluding hydrogens is 296 g/mol. The van der Waals surface area contributed by atoms with E-state index in [-0.39, 0.29) is 17.9 Å². The number of rotatable bonds is 3. The fraction of sp³-hybridized carbons (Fsp3) is 0.529. The van der Waals surface area contributed by atoms with Gasteiger partial charge in [-0.3, -0.25) is 9.59 Å². The first-order valence-corrected chi connectivity index (χ1v) is 8.10. The van der Waals surface area contributed by atoms with E-state index in [1.54, 1.807) is 29.2 Å². The zero-order valence-corrected chi connectivity index (χ0v) is 13.1. The van der Waals surface area contributed by atoms with Crippen LogP contribution in [0.15, 0.2) is 24.3 Å². The first-order chi connectivity index (χ1) is 11.2. The van der Waals surface area contributed by atoms with Gasteiger partial charge in [0.15, 0.2) is 0 Å². The van der Waals surface area contributed by atoms with Crippen molar-refractivity contribution in [1.29, 1.82) is 0 Å². The number of benzene rings is 1. The number of hydrogen-bond donors (Lipinski definition) is 1. The highest BCUT2D eigenvalue weighted by molar-refractivity contribution is 5.98. The first-order valence-electron chi connectivity index (χ1n) is 8.10. The molecule has 2 amide bonds. The van der Waals surface area contributed by atoms with Gasteiger partial charge in [0.2, 0.25) is 0 Å². The van der Waals surface area contributed by atoms with E-state index >= 15 is 0 Å². The lowest BCUT2D eigenvalue weighted by atomic mass is 10.1. The highest BCUT2D eigenvalue weighted by Gasteiger charge is 2.20. The van der Waals surface area contributed by atoms with Gasteiger partial charge in [-0.15, -0.1) is 0 Å². The van der Waals surface area contributed by atoms with Crippen molar-refractivity contribution in [3.05, 3.63) is 35.4 Å². The Labute approximate surface area is 135 Å². The first kappa shape index (κ1) is 16.0. The van der Waals surface area contributed by atoms with E-state index < -0.39 is 0 Å². The van der Waals surface area contributed by atoms with E-state index in [4.69, 9.17) is 9.47 Å². The molecule has 2 aliphatic heterocycles. The molecule has 2 saturated heterocycles. The van der Waals surface area contributed by atoms with Crippen molar-refractivity contribution in [2.24, 2.45) is 0 Å². The predicted octanol–water partition coefficient (Wildman–Crippen LogP) is 1.07. The monoisotopic (exact) mass is 318 g/mol. The van der Waals surface area contributed by atoms with Crippen LogP contribution in [0.3, 0.4) is 0 Å². The highest BCUT2D eigenvalue weighted by atomic mass is 16.5. The number of nitrogens with one attached hydrogen (secondary N) is 1. The van der Waals surface area contributed by atoms with Crippen LogP contribution in [0.4, 0.5) is 0 Å². The summed E-state index contributed by atoms with van der Waals surface area (Å²) in [5, 5.41) is 3.02. The molecule has 6 nitrogen and oxygen atoms in total. The SMILES string of the molecule is O=C(NC1CCOCC1)c1ccc(C(=O)N2CCOCC2)cc1. The van der Waals surface area contributed by atoms with Crippen molar-refractivity contribution in [1.82, 2.24) is 10.2 Å². The number of amides is 2. The summed E-state index contributed by atoms with van der Waals surface area (Å²) < 4.78 is 10.5. The Morgan fingerprint density at radius 1 is 0.913 bits per heavy atom. The second-order valence-corrected chi connectivity index (χ2v) is 5.84. The van der Waals surface area contributed by atoms with E-state index in [2.05, 4.69) is 5.32 Å². The number of carbonyl (C=O) groups is 2. The normalized spacial score (nSPS) is 19.4. The molecule has 0 unspecified atom stereocenters. The molecule has 2 heterocycles. The average Bonchev–Trinajstić information content (AvgIpc) is 2.63. The van der Waals surface area contributed by atoms with Crippen LogP contribution in [0.5, 0.6) is 0 Å². The molecule has 0 bridgehead atoms. The third-order valence-corrected chi connectivity index (χ3v) is 4.25. The summed E-state index contributed by atoms with van der Waals surface area (Å²) >= 11 is 0. The average molecular weight is 318 g/mol. The number of nitrogens with zero attached hydrogens (tertiary/aromatic N) is 1. The van der Waals surface area contributed by atoms with E-state index in [9.17, 15) is 9.59 Å². The summed E-state index contributed by atoms with van der Waals surface area (Å²) in [7, 11) is 0. The maximum absolute atomic E-state index is 12.4. The summed E-state index contributed by atoms with van der Waals surface area (Å²) in [5.74, 6) is -0.105. The minimum atomic E-state index is -0.0951. The van der Waals surface area contributed by atoms with Gasteiger partial charge in [0.1, 0.15) is 0 Å². The summed E-state index contributed by atoms with van der Waals surface area (Å²) in [5.41, 5.74) is 1.18. The summed E-state index contributed by atoms with van der Waals surface area (Å²) in [6.45, 7) is 3.78. The van der Waals surface area contributed by atoms with Gasteiger partial charge in [0.25, 0.3) is 11.8 Å². The quantitative estimate of drug-likeness (QED) is 0.905. The lowest BCUT2D eigenvalue weighted by molar-refractivity contribution is 0.0303. The lowest BCUT2D eigenvalue weighted by Crippen LogP contribution is -2.40. The molecule has 0 saturated carbocycles. The maximum Gasteiger partial charge on any atom is 0.254 e. The van der Waals surface area contributed by atoms with E-state index in [0.29, 0.717) is 50.6 Å². The van der Waals surface area contributed by atoms with Crippen molar-refractivity contribution in [3.8, 4) is 0 Å². The second-order valence-electron chi connectivity index (χ2n) is 5.84. The Morgan fingerprint density at radius 3 is 2.13 bits per heavy atom. The molecule has 3 rings (SSSR count). The van der Waals surface area contributed by atoms with Gasteiger partial charge in [0, 0.05) is 43.5 Å². The van der Waals surface area contributed by atoms with E-state index in [1.807, 2.05) is 0 Å². The molecule has 0 radical (unpaired) electrons. The topological polar surface area (TPSA) is 67.9 Å². The molecule has 124 valence electrons. The van der Waals surface area contributed by atoms with Crippen LogP contribution in [-0.2, 0) is 9.47 Å². The number of hydrogen-bond acceptors (Lipinski definition) is 4. The molecule has 2 fully saturated rings. The molecule has 1 aromatic rings. The van der Waals surface area contributed by atoms with Gasteiger partial charge in [-0.05, 0) is 37.1 Å². The minimum Gasteiger partial charge on any atom is -0.381 e. The third-order valence-electron chi connectivity index (χ3n) is 4.25. The predicted molar refractivity (Wildman–Crippen MR) is 84.5 cm³/mol. The number of morpholine rings is 1. The largest absolute Gasteiger partial charge is 0.381 e. The minimum absolute atomic E-state index is 0.00955. The van der Waals surface area contributed by atoms with Crippen LogP contribution >= 0.6 is 0 Å². The molecule has 0 spiro atoms. The Kier molecular flexibility index (Phi) is 5.25. The Balaban J connectivity index is 1.59. The lowest BCUT2D eigenvalue weighted by Gasteiger charge is -2.27. The second kappa shape index (κ2) is 7.57. The van der Waals surface area contributed by atoms with Gasteiger partial charge in [-0.25, -0.2) is 0 Å². The Bertz CT molecular complexity index is 546. The fourth-order valence-corrected chi connectivity index (χ4v) is 2.82. The molecule has 23 heavy (non-hydrogen) atoms. The van der Waals surface area contributed by atoms with Crippen LogP contribution < -0.4 is 5.32 Å². The number of carbonyl (C=O) groups excluding carboxylic acids is 2. The molecule has 0 aliphatic carbocycles. The molecule has 1 aromatic carbocycles. The molecule has 2 aliphatic rings. The van der Waals surface area contributed by atoms with Gasteiger partial charge in [-0.1, -0.05) is 0 Å². The highest BCUT2D eigenvalue weighted by Crippen LogP contribution is 2.11. The van der Waals surface area contributed by atoms with Crippen LogP contribution in [0.25, 0.3) is 0 Å². The van der Waals surface area contributed by atoms with Gasteiger partial charge < -0.3 is 19.7 Å². The Morgan fingerprint density at radius 2 is 1.48 bits per heavy atom. The van der Waals surface area contributed by atoms with Gasteiger partial charge in [0.05, 0.1) is 13.2 Å². The van der Waals surface area contributed by atoms with Crippen molar-refractivity contribution in [2.45, 2.75) is 18.9 Å². The third kappa shape index (κ3) is 4.09. The molecule has 6 heteroatoms. The molecular formula is C17H22N2O4. The fourth-order valence-electron chi connectivity index (χ4n) is 2.82. The van der Waals surface area contributed by atoms with Crippen LogP contribution in [0.1, 0.15) is 33.6 Å². The van der Waals surface area contributed by atoms with E-state index in [0.717, 1.165) is 12.8 Å². The van der Waals surface area contributed by atoms with Crippen molar-refractivity contribution in [2.75, 3.05) is 39.5 Å². The number of ether oxygens (including phenoxy) is 2. The van der Waals surface area contributed by atoms with Crippen LogP contribution in [0, 0.1) is 0 Å². The molecule has 1 N–H and O–H groups in total. The maximum atomic E-state index is 12.4. The Hall–Kier alpha value is -1.92. The van der Waals surface area contributed by atoms with Crippen LogP contribution in [-0.4, -0.2) is 62.3 Å². The smallest absolute Gasteiger partial charge is 0.254 e. The standard InChI is InChI=1S/C17H22N2O4/c20-16(18-15-5-9-22-10-6-15)13-1-3-14(4-2-13)17(21)19-7-11-23-12-8-19/h1-4,15H,5-12H2,(H,18,20). The van der Waals surface area contributed by atoms with Crippen LogP contribution in [0.2, 0.25) is 0 Å². The molecule has 0 aromatic heterocycles. The summed E-state index contributed by atoms with van der Waals surface area (Å²) in [4.78, 5) is 26.4. The van der Waals surface area contributed by atoms with Gasteiger partial charge >= 0.3 is 0 Å². The zero-order valence-electron chi connectivity index (χ0n) is 13.1. The summed E-state index contributed by atoms with van der Waals surface area (Å²) in [6, 6.07) is 7.03.